The van der Waals surface area contributed by atoms with Crippen LogP contribution < -0.4 is 16.2 Å². The highest BCUT2D eigenvalue weighted by atomic mass is 32.1. The largest absolute Gasteiger partial charge is 0.376 e. The third kappa shape index (κ3) is 3.94. The smallest absolute Gasteiger partial charge is 0.279 e. The molecular weight excluding hydrogens is 270 g/mol. The monoisotopic (exact) mass is 285 g/mol. The molecule has 1 aliphatic heterocycles. The maximum atomic E-state index is 11.6. The van der Waals surface area contributed by atoms with Crippen LogP contribution in [0.3, 0.4) is 0 Å². The molecule has 1 fully saturated rings. The molecular formula is C11H15N3O2S2. The highest BCUT2D eigenvalue weighted by Crippen LogP contribution is 2.10. The molecule has 1 amide bonds. The first-order valence-corrected chi connectivity index (χ1v) is 7.04. The van der Waals surface area contributed by atoms with Crippen LogP contribution in [0.4, 0.5) is 0 Å². The van der Waals surface area contributed by atoms with Gasteiger partial charge in [-0.3, -0.25) is 15.6 Å². The number of carbonyl (C=O) groups is 1. The van der Waals surface area contributed by atoms with E-state index in [4.69, 9.17) is 17.0 Å². The Kier molecular flexibility index (Phi) is 4.91. The average molecular weight is 285 g/mol. The molecule has 1 aromatic heterocycles. The van der Waals surface area contributed by atoms with E-state index < -0.39 is 0 Å². The van der Waals surface area contributed by atoms with Crippen molar-refractivity contribution in [2.75, 3.05) is 13.2 Å². The van der Waals surface area contributed by atoms with Crippen molar-refractivity contribution in [3.63, 3.8) is 0 Å². The van der Waals surface area contributed by atoms with Crippen LogP contribution in [0, 0.1) is 0 Å². The number of ether oxygens (including phenoxy) is 1. The van der Waals surface area contributed by atoms with E-state index >= 15 is 0 Å². The summed E-state index contributed by atoms with van der Waals surface area (Å²) in [5.41, 5.74) is 5.20. The van der Waals surface area contributed by atoms with Gasteiger partial charge in [0.25, 0.3) is 5.91 Å². The SMILES string of the molecule is O=C(NNC(=S)NCC1CCCO1)c1cccs1. The second kappa shape index (κ2) is 6.67. The summed E-state index contributed by atoms with van der Waals surface area (Å²) in [5, 5.41) is 5.26. The quantitative estimate of drug-likeness (QED) is 0.572. The van der Waals surface area contributed by atoms with E-state index in [1.807, 2.05) is 11.4 Å². The molecule has 0 bridgehead atoms. The lowest BCUT2D eigenvalue weighted by molar-refractivity contribution is 0.0947. The molecule has 0 spiro atoms. The molecule has 0 aromatic carbocycles. The molecule has 18 heavy (non-hydrogen) atoms. The Bertz CT molecular complexity index is 402. The van der Waals surface area contributed by atoms with Crippen LogP contribution in [0.1, 0.15) is 22.5 Å². The fourth-order valence-corrected chi connectivity index (χ4v) is 2.39. The first kappa shape index (κ1) is 13.3. The molecule has 1 atom stereocenters. The average Bonchev–Trinajstić information content (AvgIpc) is 3.05. The van der Waals surface area contributed by atoms with Crippen LogP contribution in [0.5, 0.6) is 0 Å². The summed E-state index contributed by atoms with van der Waals surface area (Å²) < 4.78 is 5.45. The van der Waals surface area contributed by atoms with Gasteiger partial charge in [0.2, 0.25) is 0 Å². The van der Waals surface area contributed by atoms with Crippen LogP contribution in [0.2, 0.25) is 0 Å². The molecule has 98 valence electrons. The maximum Gasteiger partial charge on any atom is 0.279 e. The van der Waals surface area contributed by atoms with Crippen LogP contribution in [-0.2, 0) is 4.74 Å². The lowest BCUT2D eigenvalue weighted by Crippen LogP contribution is -2.48. The molecule has 3 N–H and O–H groups in total. The minimum Gasteiger partial charge on any atom is -0.376 e. The molecule has 0 radical (unpaired) electrons. The zero-order chi connectivity index (χ0) is 12.8. The molecule has 1 saturated heterocycles. The van der Waals surface area contributed by atoms with Crippen LogP contribution in [0.15, 0.2) is 17.5 Å². The van der Waals surface area contributed by atoms with Crippen molar-refractivity contribution < 1.29 is 9.53 Å². The van der Waals surface area contributed by atoms with E-state index in [0.29, 0.717) is 16.5 Å². The molecule has 5 nitrogen and oxygen atoms in total. The molecule has 0 aliphatic carbocycles. The number of amides is 1. The van der Waals surface area contributed by atoms with Crippen molar-refractivity contribution in [1.82, 2.24) is 16.2 Å². The van der Waals surface area contributed by atoms with Gasteiger partial charge in [0.05, 0.1) is 11.0 Å². The summed E-state index contributed by atoms with van der Waals surface area (Å²) in [6.07, 6.45) is 2.37. The van der Waals surface area contributed by atoms with E-state index in [1.165, 1.54) is 11.3 Å². The zero-order valence-corrected chi connectivity index (χ0v) is 11.4. The summed E-state index contributed by atoms with van der Waals surface area (Å²) >= 11 is 6.43. The third-order valence-electron chi connectivity index (χ3n) is 2.55. The Balaban J connectivity index is 1.63. The van der Waals surface area contributed by atoms with E-state index in [-0.39, 0.29) is 12.0 Å². The molecule has 1 unspecified atom stereocenters. The summed E-state index contributed by atoms with van der Waals surface area (Å²) in [5.74, 6) is -0.189. The first-order chi connectivity index (χ1) is 8.75. The van der Waals surface area contributed by atoms with E-state index in [1.54, 1.807) is 6.07 Å². The number of nitrogens with one attached hydrogen (secondary N) is 3. The Hall–Kier alpha value is -1.18. The van der Waals surface area contributed by atoms with Crippen molar-refractivity contribution in [1.29, 1.82) is 0 Å². The molecule has 2 rings (SSSR count). The van der Waals surface area contributed by atoms with Gasteiger partial charge in [-0.05, 0) is 36.5 Å². The van der Waals surface area contributed by atoms with Crippen LogP contribution in [-0.4, -0.2) is 30.3 Å². The van der Waals surface area contributed by atoms with Crippen LogP contribution >= 0.6 is 23.6 Å². The van der Waals surface area contributed by atoms with Crippen molar-refractivity contribution >= 4 is 34.6 Å². The van der Waals surface area contributed by atoms with Gasteiger partial charge >= 0.3 is 0 Å². The van der Waals surface area contributed by atoms with Gasteiger partial charge in [0.15, 0.2) is 5.11 Å². The Morgan fingerprint density at radius 3 is 3.11 bits per heavy atom. The zero-order valence-electron chi connectivity index (χ0n) is 9.77. The first-order valence-electron chi connectivity index (χ1n) is 5.75. The standard InChI is InChI=1S/C11H15N3O2S2/c15-10(9-4-2-6-18-9)13-14-11(17)12-7-8-3-1-5-16-8/h2,4,6,8H,1,3,5,7H2,(H,13,15)(H2,12,14,17). The van der Waals surface area contributed by atoms with Crippen molar-refractivity contribution in [2.24, 2.45) is 0 Å². The maximum absolute atomic E-state index is 11.6. The van der Waals surface area contributed by atoms with Gasteiger partial charge in [-0.25, -0.2) is 0 Å². The Morgan fingerprint density at radius 1 is 1.56 bits per heavy atom. The number of hydrazine groups is 1. The third-order valence-corrected chi connectivity index (χ3v) is 3.66. The van der Waals surface area contributed by atoms with Gasteiger partial charge in [-0.2, -0.15) is 0 Å². The normalized spacial score (nSPS) is 18.3. The second-order valence-electron chi connectivity index (χ2n) is 3.90. The molecule has 1 aliphatic rings. The van der Waals surface area contributed by atoms with Gasteiger partial charge in [0, 0.05) is 13.2 Å². The molecule has 2 heterocycles. The number of thiocarbonyl (C=S) groups is 1. The summed E-state index contributed by atoms with van der Waals surface area (Å²) in [6.45, 7) is 1.49. The number of thiophene rings is 1. The highest BCUT2D eigenvalue weighted by molar-refractivity contribution is 7.80. The fourth-order valence-electron chi connectivity index (χ4n) is 1.64. The Morgan fingerprint density at radius 2 is 2.44 bits per heavy atom. The number of hydrogen-bond donors (Lipinski definition) is 3. The highest BCUT2D eigenvalue weighted by Gasteiger charge is 2.15. The Labute approximate surface area is 115 Å². The van der Waals surface area contributed by atoms with Crippen molar-refractivity contribution in [3.05, 3.63) is 22.4 Å². The van der Waals surface area contributed by atoms with Crippen LogP contribution in [0.25, 0.3) is 0 Å². The van der Waals surface area contributed by atoms with Gasteiger partial charge in [-0.15, -0.1) is 11.3 Å². The number of rotatable bonds is 3. The molecule has 1 aromatic rings. The summed E-state index contributed by atoms with van der Waals surface area (Å²) in [4.78, 5) is 12.2. The predicted octanol–water partition coefficient (Wildman–Crippen LogP) is 1.04. The van der Waals surface area contributed by atoms with Gasteiger partial charge in [-0.1, -0.05) is 6.07 Å². The van der Waals surface area contributed by atoms with E-state index in [2.05, 4.69) is 16.2 Å². The minimum absolute atomic E-state index is 0.189. The summed E-state index contributed by atoms with van der Waals surface area (Å²) in [7, 11) is 0. The topological polar surface area (TPSA) is 62.4 Å². The molecule has 0 saturated carbocycles. The number of carbonyl (C=O) groups excluding carboxylic acids is 1. The lowest BCUT2D eigenvalue weighted by atomic mass is 10.2. The van der Waals surface area contributed by atoms with E-state index in [9.17, 15) is 4.79 Å². The minimum atomic E-state index is -0.189. The lowest BCUT2D eigenvalue weighted by Gasteiger charge is -2.14. The fraction of sp³-hybridized carbons (Fsp3) is 0.455. The van der Waals surface area contributed by atoms with E-state index in [0.717, 1.165) is 19.4 Å². The van der Waals surface area contributed by atoms with Gasteiger partial charge in [0.1, 0.15) is 0 Å². The van der Waals surface area contributed by atoms with Crippen molar-refractivity contribution in [3.8, 4) is 0 Å². The summed E-state index contributed by atoms with van der Waals surface area (Å²) in [6, 6.07) is 3.58. The number of hydrogen-bond acceptors (Lipinski definition) is 4. The predicted molar refractivity (Wildman–Crippen MR) is 74.5 cm³/mol. The second-order valence-corrected chi connectivity index (χ2v) is 5.26. The molecule has 7 heteroatoms. The van der Waals surface area contributed by atoms with Crippen molar-refractivity contribution in [2.45, 2.75) is 18.9 Å². The van der Waals surface area contributed by atoms with Gasteiger partial charge < -0.3 is 10.1 Å².